The molecule has 0 amide bonds. The van der Waals surface area contributed by atoms with Gasteiger partial charge in [0.1, 0.15) is 0 Å². The van der Waals surface area contributed by atoms with Crippen molar-refractivity contribution in [2.45, 2.75) is 6.04 Å². The van der Waals surface area contributed by atoms with E-state index in [-0.39, 0.29) is 11.9 Å². The first-order valence-corrected chi connectivity index (χ1v) is 5.75. The first kappa shape index (κ1) is 12.8. The maximum atomic E-state index is 12.1. The zero-order chi connectivity index (χ0) is 13.3. The van der Waals surface area contributed by atoms with Crippen LogP contribution in [-0.4, -0.2) is 46.7 Å². The predicted molar refractivity (Wildman–Crippen MR) is 65.7 cm³/mol. The third-order valence-corrected chi connectivity index (χ3v) is 3.08. The average molecular weight is 255 g/mol. The molecule has 8 nitrogen and oxygen atoms in total. The molecule has 8 heteroatoms. The number of aryl methyl sites for hydroxylation is 1. The van der Waals surface area contributed by atoms with E-state index in [1.165, 1.54) is 14.1 Å². The molecule has 100 valence electrons. The van der Waals surface area contributed by atoms with Gasteiger partial charge in [-0.1, -0.05) is 0 Å². The highest BCUT2D eigenvalue weighted by Gasteiger charge is 2.26. The number of hydrogen-bond donors (Lipinski definition) is 1. The fraction of sp³-hybridized carbons (Fsp3) is 0.700. The van der Waals surface area contributed by atoms with Crippen LogP contribution in [0.3, 0.4) is 0 Å². The second kappa shape index (κ2) is 4.91. The van der Waals surface area contributed by atoms with Crippen LogP contribution >= 0.6 is 0 Å². The van der Waals surface area contributed by atoms with E-state index in [9.17, 15) is 9.59 Å². The van der Waals surface area contributed by atoms with Crippen LogP contribution in [0.25, 0.3) is 0 Å². The van der Waals surface area contributed by atoms with Crippen molar-refractivity contribution >= 4 is 5.82 Å². The van der Waals surface area contributed by atoms with E-state index in [4.69, 9.17) is 10.5 Å². The molecule has 1 atom stereocenters. The largest absolute Gasteiger partial charge is 0.377 e. The van der Waals surface area contributed by atoms with Crippen LogP contribution in [0.5, 0.6) is 0 Å². The van der Waals surface area contributed by atoms with Gasteiger partial charge in [0.2, 0.25) is 5.82 Å². The predicted octanol–water partition coefficient (Wildman–Crippen LogP) is -2.36. The molecule has 0 radical (unpaired) electrons. The van der Waals surface area contributed by atoms with Crippen LogP contribution in [0, 0.1) is 0 Å². The number of nitrogens with zero attached hydrogens (tertiary/aromatic N) is 4. The van der Waals surface area contributed by atoms with E-state index in [0.29, 0.717) is 26.3 Å². The minimum Gasteiger partial charge on any atom is -0.377 e. The quantitative estimate of drug-likeness (QED) is 0.635. The van der Waals surface area contributed by atoms with Gasteiger partial charge in [0.15, 0.2) is 0 Å². The molecule has 2 N–H and O–H groups in total. The van der Waals surface area contributed by atoms with Crippen LogP contribution in [-0.2, 0) is 18.8 Å². The Hall–Kier alpha value is -1.67. The first-order valence-electron chi connectivity index (χ1n) is 5.75. The third-order valence-electron chi connectivity index (χ3n) is 3.08. The normalized spacial score (nSPS) is 20.2. The summed E-state index contributed by atoms with van der Waals surface area (Å²) in [7, 11) is 2.96. The molecule has 1 saturated heterocycles. The molecular formula is C10H17N5O3. The summed E-state index contributed by atoms with van der Waals surface area (Å²) in [6.07, 6.45) is 0. The molecule has 2 heterocycles. The molecule has 0 aromatic carbocycles. The van der Waals surface area contributed by atoms with Gasteiger partial charge < -0.3 is 15.4 Å². The summed E-state index contributed by atoms with van der Waals surface area (Å²) in [6.45, 7) is 1.89. The Morgan fingerprint density at radius 2 is 2.17 bits per heavy atom. The number of anilines is 1. The van der Waals surface area contributed by atoms with Gasteiger partial charge in [-0.25, -0.2) is 9.48 Å². The molecule has 0 spiro atoms. The van der Waals surface area contributed by atoms with Crippen molar-refractivity contribution in [2.24, 2.45) is 19.8 Å². The van der Waals surface area contributed by atoms with Gasteiger partial charge in [-0.2, -0.15) is 0 Å². The second-order valence-electron chi connectivity index (χ2n) is 4.25. The summed E-state index contributed by atoms with van der Waals surface area (Å²) in [6, 6.07) is -0.0866. The summed E-state index contributed by atoms with van der Waals surface area (Å²) in [4.78, 5) is 25.4. The van der Waals surface area contributed by atoms with Gasteiger partial charge in [0.25, 0.3) is 5.56 Å². The monoisotopic (exact) mass is 255 g/mol. The van der Waals surface area contributed by atoms with Crippen molar-refractivity contribution in [1.29, 1.82) is 0 Å². The maximum Gasteiger partial charge on any atom is 0.346 e. The highest BCUT2D eigenvalue weighted by molar-refractivity contribution is 5.37. The second-order valence-corrected chi connectivity index (χ2v) is 4.25. The Labute approximate surface area is 104 Å². The Kier molecular flexibility index (Phi) is 3.48. The minimum absolute atomic E-state index is 0.0866. The Morgan fingerprint density at radius 3 is 2.83 bits per heavy atom. The topological polar surface area (TPSA) is 95.4 Å². The lowest BCUT2D eigenvalue weighted by atomic mass is 10.2. The third kappa shape index (κ3) is 2.04. The maximum absolute atomic E-state index is 12.1. The smallest absolute Gasteiger partial charge is 0.346 e. The minimum atomic E-state index is -0.443. The lowest BCUT2D eigenvalue weighted by molar-refractivity contribution is 0.0954. The van der Waals surface area contributed by atoms with Crippen molar-refractivity contribution in [1.82, 2.24) is 14.3 Å². The van der Waals surface area contributed by atoms with Crippen LogP contribution in [0.4, 0.5) is 5.82 Å². The zero-order valence-electron chi connectivity index (χ0n) is 10.5. The Bertz CT molecular complexity index is 549. The van der Waals surface area contributed by atoms with Gasteiger partial charge in [-0.3, -0.25) is 9.36 Å². The summed E-state index contributed by atoms with van der Waals surface area (Å²) >= 11 is 0. The number of hydrogen-bond acceptors (Lipinski definition) is 6. The van der Waals surface area contributed by atoms with Crippen molar-refractivity contribution < 1.29 is 4.74 Å². The van der Waals surface area contributed by atoms with E-state index in [1.807, 2.05) is 4.90 Å². The van der Waals surface area contributed by atoms with E-state index < -0.39 is 11.2 Å². The molecule has 2 rings (SSSR count). The fourth-order valence-corrected chi connectivity index (χ4v) is 1.99. The standard InChI is InChI=1S/C10H17N5O3/c1-13-9(16)8(12-14(2)10(13)17)15-3-4-18-6-7(15)5-11/h7H,3-6,11H2,1-2H3. The number of morpholine rings is 1. The molecule has 0 bridgehead atoms. The molecule has 0 aliphatic carbocycles. The SMILES string of the molecule is Cn1nc(N2CCOCC2CN)c(=O)n(C)c1=O. The molecule has 18 heavy (non-hydrogen) atoms. The van der Waals surface area contributed by atoms with Crippen molar-refractivity contribution in [3.8, 4) is 0 Å². The first-order chi connectivity index (χ1) is 8.56. The molecule has 1 aliphatic heterocycles. The fourth-order valence-electron chi connectivity index (χ4n) is 1.99. The van der Waals surface area contributed by atoms with E-state index in [1.54, 1.807) is 0 Å². The lowest BCUT2D eigenvalue weighted by Gasteiger charge is -2.35. The number of nitrogens with two attached hydrogens (primary N) is 1. The van der Waals surface area contributed by atoms with E-state index >= 15 is 0 Å². The van der Waals surface area contributed by atoms with Crippen molar-refractivity contribution in [3.05, 3.63) is 20.8 Å². The highest BCUT2D eigenvalue weighted by Crippen LogP contribution is 2.11. The number of rotatable bonds is 2. The molecule has 1 fully saturated rings. The average Bonchev–Trinajstić information content (AvgIpc) is 2.40. The molecule has 1 aromatic rings. The molecular weight excluding hydrogens is 238 g/mol. The van der Waals surface area contributed by atoms with Crippen molar-refractivity contribution in [2.75, 3.05) is 31.2 Å². The highest BCUT2D eigenvalue weighted by atomic mass is 16.5. The van der Waals surface area contributed by atoms with Gasteiger partial charge in [0, 0.05) is 27.2 Å². The van der Waals surface area contributed by atoms with Gasteiger partial charge in [-0.15, -0.1) is 5.10 Å². The van der Waals surface area contributed by atoms with Gasteiger partial charge in [0.05, 0.1) is 19.3 Å². The summed E-state index contributed by atoms with van der Waals surface area (Å²) < 4.78 is 7.52. The lowest BCUT2D eigenvalue weighted by Crippen LogP contribution is -2.53. The van der Waals surface area contributed by atoms with Crippen LogP contribution < -0.4 is 21.9 Å². The summed E-state index contributed by atoms with van der Waals surface area (Å²) in [5.41, 5.74) is 4.81. The van der Waals surface area contributed by atoms with Crippen LogP contribution in [0.15, 0.2) is 9.59 Å². The van der Waals surface area contributed by atoms with Gasteiger partial charge >= 0.3 is 5.69 Å². The molecule has 0 saturated carbocycles. The summed E-state index contributed by atoms with van der Waals surface area (Å²) in [5.74, 6) is 0.248. The number of aromatic nitrogens is 3. The van der Waals surface area contributed by atoms with Crippen LogP contribution in [0.2, 0.25) is 0 Å². The molecule has 1 aliphatic rings. The molecule has 1 unspecified atom stereocenters. The molecule has 1 aromatic heterocycles. The van der Waals surface area contributed by atoms with Gasteiger partial charge in [-0.05, 0) is 0 Å². The zero-order valence-corrected chi connectivity index (χ0v) is 10.5. The van der Waals surface area contributed by atoms with E-state index in [0.717, 1.165) is 9.25 Å². The van der Waals surface area contributed by atoms with Crippen molar-refractivity contribution in [3.63, 3.8) is 0 Å². The Morgan fingerprint density at radius 1 is 1.44 bits per heavy atom. The number of ether oxygens (including phenoxy) is 1. The Balaban J connectivity index is 2.50. The van der Waals surface area contributed by atoms with Crippen LogP contribution in [0.1, 0.15) is 0 Å². The van der Waals surface area contributed by atoms with E-state index in [2.05, 4.69) is 5.10 Å². The summed E-state index contributed by atoms with van der Waals surface area (Å²) in [5, 5.41) is 4.04.